The van der Waals surface area contributed by atoms with Gasteiger partial charge in [-0.05, 0) is 23.3 Å². The van der Waals surface area contributed by atoms with Crippen molar-refractivity contribution in [2.75, 3.05) is 0 Å². The van der Waals surface area contributed by atoms with E-state index in [0.29, 0.717) is 0 Å². The maximum Gasteiger partial charge on any atom is 0.0637 e. The standard InChI is InChI=1S/C13H9Cl2I/c14-11-7-3-1-5-9(11)13(16)10-6-2-4-8-12(10)15/h1-8,13H. The summed E-state index contributed by atoms with van der Waals surface area (Å²) in [6.45, 7) is 0. The van der Waals surface area contributed by atoms with Gasteiger partial charge in [0.25, 0.3) is 0 Å². The third kappa shape index (κ3) is 2.53. The summed E-state index contributed by atoms with van der Waals surface area (Å²) >= 11 is 14.7. The summed E-state index contributed by atoms with van der Waals surface area (Å²) in [6, 6.07) is 15.7. The predicted molar refractivity (Wildman–Crippen MR) is 78.8 cm³/mol. The molecule has 0 heterocycles. The molecule has 2 aromatic carbocycles. The van der Waals surface area contributed by atoms with Gasteiger partial charge in [-0.15, -0.1) is 0 Å². The Kier molecular flexibility index (Phi) is 4.11. The van der Waals surface area contributed by atoms with Crippen LogP contribution in [-0.4, -0.2) is 0 Å². The summed E-state index contributed by atoms with van der Waals surface area (Å²) in [5.74, 6) is 0. The summed E-state index contributed by atoms with van der Waals surface area (Å²) in [7, 11) is 0. The van der Waals surface area contributed by atoms with E-state index in [1.807, 2.05) is 48.5 Å². The lowest BCUT2D eigenvalue weighted by atomic mass is 10.1. The smallest absolute Gasteiger partial charge is 0.0637 e. The van der Waals surface area contributed by atoms with Crippen molar-refractivity contribution in [2.45, 2.75) is 3.92 Å². The lowest BCUT2D eigenvalue weighted by molar-refractivity contribution is 1.20. The molecular formula is C13H9Cl2I. The summed E-state index contributed by atoms with van der Waals surface area (Å²) in [5, 5.41) is 1.56. The molecule has 0 bridgehead atoms. The second-order valence-electron chi connectivity index (χ2n) is 3.41. The first kappa shape index (κ1) is 12.2. The Labute approximate surface area is 119 Å². The van der Waals surface area contributed by atoms with Gasteiger partial charge in [0.2, 0.25) is 0 Å². The van der Waals surface area contributed by atoms with Crippen LogP contribution in [0.25, 0.3) is 0 Å². The van der Waals surface area contributed by atoms with Crippen molar-refractivity contribution in [3.63, 3.8) is 0 Å². The Morgan fingerprint density at radius 3 is 1.50 bits per heavy atom. The Morgan fingerprint density at radius 2 is 1.12 bits per heavy atom. The number of benzene rings is 2. The minimum absolute atomic E-state index is 0.181. The number of hydrogen-bond acceptors (Lipinski definition) is 0. The number of halogens is 3. The first-order valence-electron chi connectivity index (χ1n) is 4.83. The van der Waals surface area contributed by atoms with Crippen molar-refractivity contribution in [1.82, 2.24) is 0 Å². The summed E-state index contributed by atoms with van der Waals surface area (Å²) in [5.41, 5.74) is 2.19. The van der Waals surface area contributed by atoms with Crippen molar-refractivity contribution in [1.29, 1.82) is 0 Å². The van der Waals surface area contributed by atoms with Crippen LogP contribution in [0.4, 0.5) is 0 Å². The zero-order valence-corrected chi connectivity index (χ0v) is 12.0. The van der Waals surface area contributed by atoms with E-state index < -0.39 is 0 Å². The first-order valence-corrected chi connectivity index (χ1v) is 6.83. The predicted octanol–water partition coefficient (Wildman–Crippen LogP) is 5.52. The van der Waals surface area contributed by atoms with Crippen LogP contribution in [0.1, 0.15) is 15.1 Å². The molecule has 0 aliphatic heterocycles. The normalized spacial score (nSPS) is 10.8. The highest BCUT2D eigenvalue weighted by Crippen LogP contribution is 2.38. The van der Waals surface area contributed by atoms with Crippen LogP contribution in [0.3, 0.4) is 0 Å². The van der Waals surface area contributed by atoms with Gasteiger partial charge >= 0.3 is 0 Å². The number of alkyl halides is 1. The highest BCUT2D eigenvalue weighted by atomic mass is 127. The van der Waals surface area contributed by atoms with Crippen LogP contribution in [0.15, 0.2) is 48.5 Å². The van der Waals surface area contributed by atoms with Gasteiger partial charge in [0, 0.05) is 10.0 Å². The van der Waals surface area contributed by atoms with Gasteiger partial charge in [0.15, 0.2) is 0 Å². The van der Waals surface area contributed by atoms with Gasteiger partial charge in [-0.3, -0.25) is 0 Å². The largest absolute Gasteiger partial charge is 0.0840 e. The highest BCUT2D eigenvalue weighted by molar-refractivity contribution is 14.1. The van der Waals surface area contributed by atoms with Crippen LogP contribution in [-0.2, 0) is 0 Å². The maximum atomic E-state index is 6.17. The Hall–Kier alpha value is -0.250. The highest BCUT2D eigenvalue weighted by Gasteiger charge is 2.15. The van der Waals surface area contributed by atoms with Gasteiger partial charge in [-0.25, -0.2) is 0 Å². The van der Waals surface area contributed by atoms with Crippen molar-refractivity contribution in [3.05, 3.63) is 69.7 Å². The van der Waals surface area contributed by atoms with Crippen LogP contribution in [0, 0.1) is 0 Å². The van der Waals surface area contributed by atoms with Gasteiger partial charge < -0.3 is 0 Å². The molecule has 0 atom stereocenters. The molecule has 0 nitrogen and oxygen atoms in total. The van der Waals surface area contributed by atoms with E-state index in [4.69, 9.17) is 23.2 Å². The van der Waals surface area contributed by atoms with E-state index in [1.165, 1.54) is 0 Å². The molecular weight excluding hydrogens is 354 g/mol. The zero-order valence-electron chi connectivity index (χ0n) is 8.33. The van der Waals surface area contributed by atoms with Gasteiger partial charge in [-0.1, -0.05) is 82.2 Å². The summed E-state index contributed by atoms with van der Waals surface area (Å²) in [6.07, 6.45) is 0. The minimum Gasteiger partial charge on any atom is -0.0840 e. The lowest BCUT2D eigenvalue weighted by Gasteiger charge is -2.13. The fraction of sp³-hybridized carbons (Fsp3) is 0.0769. The number of hydrogen-bond donors (Lipinski definition) is 0. The molecule has 0 aliphatic rings. The molecule has 2 rings (SSSR count). The molecule has 3 heteroatoms. The summed E-state index contributed by atoms with van der Waals surface area (Å²) < 4.78 is 0.181. The van der Waals surface area contributed by atoms with Crippen molar-refractivity contribution >= 4 is 45.8 Å². The topological polar surface area (TPSA) is 0 Å². The molecule has 0 saturated heterocycles. The molecule has 2 aromatic rings. The zero-order chi connectivity index (χ0) is 11.5. The van der Waals surface area contributed by atoms with Crippen molar-refractivity contribution in [3.8, 4) is 0 Å². The van der Waals surface area contributed by atoms with Crippen LogP contribution >= 0.6 is 45.8 Å². The molecule has 0 amide bonds. The van der Waals surface area contributed by atoms with E-state index in [-0.39, 0.29) is 3.92 Å². The second kappa shape index (κ2) is 5.39. The fourth-order valence-electron chi connectivity index (χ4n) is 1.53. The van der Waals surface area contributed by atoms with Gasteiger partial charge in [0.05, 0.1) is 3.92 Å². The van der Waals surface area contributed by atoms with E-state index in [1.54, 1.807) is 0 Å². The number of rotatable bonds is 2. The maximum absolute atomic E-state index is 6.17. The average Bonchev–Trinajstić information content (AvgIpc) is 2.29. The average molecular weight is 363 g/mol. The quantitative estimate of drug-likeness (QED) is 0.487. The van der Waals surface area contributed by atoms with Crippen molar-refractivity contribution in [2.24, 2.45) is 0 Å². The van der Waals surface area contributed by atoms with E-state index in [9.17, 15) is 0 Å². The van der Waals surface area contributed by atoms with Crippen LogP contribution in [0.2, 0.25) is 10.0 Å². The Morgan fingerprint density at radius 1 is 0.750 bits per heavy atom. The molecule has 0 saturated carbocycles. The monoisotopic (exact) mass is 362 g/mol. The molecule has 0 aliphatic carbocycles. The van der Waals surface area contributed by atoms with Crippen LogP contribution < -0.4 is 0 Å². The molecule has 0 unspecified atom stereocenters. The minimum atomic E-state index is 0.181. The molecule has 0 N–H and O–H groups in total. The van der Waals surface area contributed by atoms with E-state index in [2.05, 4.69) is 22.6 Å². The third-order valence-electron chi connectivity index (χ3n) is 2.36. The van der Waals surface area contributed by atoms with Crippen LogP contribution in [0.5, 0.6) is 0 Å². The molecule has 16 heavy (non-hydrogen) atoms. The van der Waals surface area contributed by atoms with Crippen molar-refractivity contribution < 1.29 is 0 Å². The second-order valence-corrected chi connectivity index (χ2v) is 5.47. The summed E-state index contributed by atoms with van der Waals surface area (Å²) in [4.78, 5) is 0. The Balaban J connectivity index is 2.44. The first-order chi connectivity index (χ1) is 7.70. The SMILES string of the molecule is Clc1ccccc1C(I)c1ccccc1Cl. The molecule has 0 fully saturated rings. The Bertz CT molecular complexity index is 451. The van der Waals surface area contributed by atoms with Gasteiger partial charge in [-0.2, -0.15) is 0 Å². The van der Waals surface area contributed by atoms with E-state index >= 15 is 0 Å². The molecule has 0 spiro atoms. The lowest BCUT2D eigenvalue weighted by Crippen LogP contribution is -1.94. The molecule has 0 aromatic heterocycles. The fourth-order valence-corrected chi connectivity index (χ4v) is 3.47. The van der Waals surface area contributed by atoms with Gasteiger partial charge in [0.1, 0.15) is 0 Å². The third-order valence-corrected chi connectivity index (χ3v) is 4.39. The molecule has 82 valence electrons. The van der Waals surface area contributed by atoms with E-state index in [0.717, 1.165) is 21.2 Å². The molecule has 0 radical (unpaired) electrons.